The maximum Gasteiger partial charge on any atom is 0.242 e. The summed E-state index contributed by atoms with van der Waals surface area (Å²) in [6.07, 6.45) is 2.48. The van der Waals surface area contributed by atoms with E-state index in [1.165, 1.54) is 0 Å². The summed E-state index contributed by atoms with van der Waals surface area (Å²) in [6, 6.07) is 1.89. The molecule has 1 aromatic heterocycles. The number of anilines is 1. The van der Waals surface area contributed by atoms with Crippen molar-refractivity contribution in [3.63, 3.8) is 0 Å². The summed E-state index contributed by atoms with van der Waals surface area (Å²) in [5.41, 5.74) is 2.75. The first-order valence-electron chi connectivity index (χ1n) is 5.17. The van der Waals surface area contributed by atoms with Crippen molar-refractivity contribution in [1.82, 2.24) is 4.98 Å². The summed E-state index contributed by atoms with van der Waals surface area (Å²) < 4.78 is 5.32. The Morgan fingerprint density at radius 2 is 2.50 bits per heavy atom. The maximum atomic E-state index is 11.4. The van der Waals surface area contributed by atoms with Gasteiger partial charge in [0.05, 0.1) is 25.1 Å². The number of hydrogen-bond acceptors (Lipinski definition) is 3. The second kappa shape index (κ2) is 4.80. The molecule has 4 nitrogen and oxygen atoms in total. The van der Waals surface area contributed by atoms with Gasteiger partial charge in [0.2, 0.25) is 5.91 Å². The zero-order valence-corrected chi connectivity index (χ0v) is 9.75. The van der Waals surface area contributed by atoms with Gasteiger partial charge in [0.15, 0.2) is 0 Å². The molecule has 1 atom stereocenters. The van der Waals surface area contributed by atoms with Crippen LogP contribution in [0.1, 0.15) is 18.2 Å². The highest BCUT2D eigenvalue weighted by atomic mass is 35.5. The van der Waals surface area contributed by atoms with Gasteiger partial charge in [-0.25, -0.2) is 0 Å². The van der Waals surface area contributed by atoms with E-state index in [9.17, 15) is 4.79 Å². The molecule has 0 spiro atoms. The molecule has 1 aromatic rings. The van der Waals surface area contributed by atoms with Crippen LogP contribution < -0.4 is 5.32 Å². The fourth-order valence-electron chi connectivity index (χ4n) is 1.55. The predicted molar refractivity (Wildman–Crippen MR) is 61.5 cm³/mol. The van der Waals surface area contributed by atoms with Crippen LogP contribution in [0.4, 0.5) is 5.69 Å². The average molecular weight is 241 g/mol. The van der Waals surface area contributed by atoms with Crippen molar-refractivity contribution < 1.29 is 9.53 Å². The lowest BCUT2D eigenvalue weighted by Crippen LogP contribution is -2.21. The number of nitrogens with one attached hydrogen (secondary N) is 1. The Kier molecular flexibility index (Phi) is 3.41. The van der Waals surface area contributed by atoms with Gasteiger partial charge < -0.3 is 10.1 Å². The molecule has 1 amide bonds. The highest BCUT2D eigenvalue weighted by molar-refractivity contribution is 6.32. The number of pyridine rings is 1. The third kappa shape index (κ3) is 2.51. The summed E-state index contributed by atoms with van der Waals surface area (Å²) in [4.78, 5) is 15.7. The maximum absolute atomic E-state index is 11.4. The zero-order valence-electron chi connectivity index (χ0n) is 9.00. The summed E-state index contributed by atoms with van der Waals surface area (Å²) in [6.45, 7) is 2.90. The van der Waals surface area contributed by atoms with E-state index >= 15 is 0 Å². The van der Waals surface area contributed by atoms with Crippen LogP contribution in [0.5, 0.6) is 0 Å². The molecule has 0 aromatic carbocycles. The first-order valence-corrected chi connectivity index (χ1v) is 5.61. The molecule has 2 heterocycles. The minimum Gasteiger partial charge on any atom is -0.376 e. The van der Waals surface area contributed by atoms with Crippen LogP contribution in [0.3, 0.4) is 0 Å². The molecule has 1 aliphatic rings. The molecule has 5 heteroatoms. The molecular formula is C11H13ClN2O2. The number of amides is 1. The van der Waals surface area contributed by atoms with Gasteiger partial charge in [0, 0.05) is 17.7 Å². The second-order valence-electron chi connectivity index (χ2n) is 3.74. The van der Waals surface area contributed by atoms with E-state index in [4.69, 9.17) is 16.3 Å². The Morgan fingerprint density at radius 1 is 1.69 bits per heavy atom. The Bertz CT molecular complexity index is 407. The standard InChI is InChI=1S/C11H13ClN2O2/c1-7(12)11(15)14-9-4-8-6-16-3-2-10(8)13-5-9/h4-5,7H,2-3,6H2,1H3,(H,14,15). The predicted octanol–water partition coefficient (Wildman–Crippen LogP) is 1.72. The van der Waals surface area contributed by atoms with Crippen LogP contribution in [0, 0.1) is 0 Å². The van der Waals surface area contributed by atoms with Gasteiger partial charge >= 0.3 is 0 Å². The second-order valence-corrected chi connectivity index (χ2v) is 4.39. The van der Waals surface area contributed by atoms with Crippen molar-refractivity contribution in [3.8, 4) is 0 Å². The number of aromatic nitrogens is 1. The van der Waals surface area contributed by atoms with E-state index < -0.39 is 5.38 Å². The number of alkyl halides is 1. The Balaban J connectivity index is 2.14. The number of carbonyl (C=O) groups excluding carboxylic acids is 1. The van der Waals surface area contributed by atoms with Crippen molar-refractivity contribution in [3.05, 3.63) is 23.5 Å². The lowest BCUT2D eigenvalue weighted by atomic mass is 10.1. The van der Waals surface area contributed by atoms with Crippen LogP contribution in [0.15, 0.2) is 12.3 Å². The van der Waals surface area contributed by atoms with E-state index in [0.29, 0.717) is 18.9 Å². The average Bonchev–Trinajstić information content (AvgIpc) is 2.28. The van der Waals surface area contributed by atoms with E-state index in [-0.39, 0.29) is 5.91 Å². The van der Waals surface area contributed by atoms with Crippen LogP contribution in [0.25, 0.3) is 0 Å². The summed E-state index contributed by atoms with van der Waals surface area (Å²) in [7, 11) is 0. The lowest BCUT2D eigenvalue weighted by molar-refractivity contribution is -0.115. The van der Waals surface area contributed by atoms with Crippen molar-refractivity contribution in [1.29, 1.82) is 0 Å². The first-order chi connectivity index (χ1) is 7.66. The van der Waals surface area contributed by atoms with Crippen LogP contribution in [0.2, 0.25) is 0 Å². The highest BCUT2D eigenvalue weighted by Crippen LogP contribution is 2.18. The van der Waals surface area contributed by atoms with Gasteiger partial charge in [0.1, 0.15) is 5.38 Å². The molecule has 0 radical (unpaired) electrons. The number of nitrogens with zero attached hydrogens (tertiary/aromatic N) is 1. The minimum absolute atomic E-state index is 0.222. The Labute approximate surface area is 99.0 Å². The quantitative estimate of drug-likeness (QED) is 0.801. The molecule has 1 unspecified atom stereocenters. The van der Waals surface area contributed by atoms with Gasteiger partial charge in [-0.1, -0.05) is 0 Å². The molecule has 0 fully saturated rings. The summed E-state index contributed by atoms with van der Waals surface area (Å²) in [5, 5.41) is 2.15. The molecule has 86 valence electrons. The molecule has 1 aliphatic heterocycles. The molecule has 0 aliphatic carbocycles. The number of ether oxygens (including phenoxy) is 1. The van der Waals surface area contributed by atoms with Crippen molar-refractivity contribution in [2.24, 2.45) is 0 Å². The largest absolute Gasteiger partial charge is 0.376 e. The molecule has 2 rings (SSSR count). The third-order valence-electron chi connectivity index (χ3n) is 2.43. The molecule has 1 N–H and O–H groups in total. The fourth-order valence-corrected chi connectivity index (χ4v) is 1.60. The lowest BCUT2D eigenvalue weighted by Gasteiger charge is -2.16. The zero-order chi connectivity index (χ0) is 11.5. The summed E-state index contributed by atoms with van der Waals surface area (Å²) in [5.74, 6) is -0.222. The minimum atomic E-state index is -0.549. The number of halogens is 1. The van der Waals surface area contributed by atoms with Crippen molar-refractivity contribution in [2.45, 2.75) is 25.3 Å². The molecule has 0 saturated heterocycles. The number of rotatable bonds is 2. The van der Waals surface area contributed by atoms with Gasteiger partial charge in [-0.15, -0.1) is 11.6 Å². The molecule has 0 saturated carbocycles. The smallest absolute Gasteiger partial charge is 0.242 e. The topological polar surface area (TPSA) is 51.2 Å². The number of fused-ring (bicyclic) bond motifs is 1. The van der Waals surface area contributed by atoms with E-state index in [1.54, 1.807) is 13.1 Å². The van der Waals surface area contributed by atoms with Gasteiger partial charge in [-0.05, 0) is 13.0 Å². The third-order valence-corrected chi connectivity index (χ3v) is 2.63. The Hall–Kier alpha value is -1.13. The first kappa shape index (κ1) is 11.4. The highest BCUT2D eigenvalue weighted by Gasteiger charge is 2.13. The molecular weight excluding hydrogens is 228 g/mol. The van der Waals surface area contributed by atoms with Crippen LogP contribution in [-0.2, 0) is 22.6 Å². The molecule has 0 bridgehead atoms. The van der Waals surface area contributed by atoms with Crippen LogP contribution in [-0.4, -0.2) is 22.9 Å². The van der Waals surface area contributed by atoms with Gasteiger partial charge in [-0.3, -0.25) is 9.78 Å². The van der Waals surface area contributed by atoms with E-state index in [0.717, 1.165) is 17.7 Å². The van der Waals surface area contributed by atoms with E-state index in [1.807, 2.05) is 6.07 Å². The Morgan fingerprint density at radius 3 is 3.25 bits per heavy atom. The van der Waals surface area contributed by atoms with E-state index in [2.05, 4.69) is 10.3 Å². The van der Waals surface area contributed by atoms with Crippen LogP contribution >= 0.6 is 11.6 Å². The van der Waals surface area contributed by atoms with Gasteiger partial charge in [0.25, 0.3) is 0 Å². The van der Waals surface area contributed by atoms with Crippen molar-refractivity contribution in [2.75, 3.05) is 11.9 Å². The molecule has 16 heavy (non-hydrogen) atoms. The number of carbonyl (C=O) groups is 1. The van der Waals surface area contributed by atoms with Gasteiger partial charge in [-0.2, -0.15) is 0 Å². The fraction of sp³-hybridized carbons (Fsp3) is 0.455. The SMILES string of the molecule is CC(Cl)C(=O)Nc1cnc2c(c1)COCC2. The monoisotopic (exact) mass is 240 g/mol. The normalized spacial score (nSPS) is 16.4. The number of hydrogen-bond donors (Lipinski definition) is 1. The summed E-state index contributed by atoms with van der Waals surface area (Å²) >= 11 is 5.66. The van der Waals surface area contributed by atoms with Crippen molar-refractivity contribution >= 4 is 23.2 Å².